The fraction of sp³-hybridized carbons (Fsp3) is 0.222. The third kappa shape index (κ3) is 7.41. The quantitative estimate of drug-likeness (QED) is 0.154. The number of anilines is 2. The first kappa shape index (κ1) is 35.8. The highest BCUT2D eigenvalue weighted by atomic mass is 15.2. The lowest BCUT2D eigenvalue weighted by Gasteiger charge is -2.48. The summed E-state index contributed by atoms with van der Waals surface area (Å²) >= 11 is 0. The lowest BCUT2D eigenvalue weighted by Crippen LogP contribution is -2.39. The number of hydrogen-bond acceptors (Lipinski definition) is 2. The number of aryl methyl sites for hydroxylation is 2. The van der Waals surface area contributed by atoms with Crippen LogP contribution in [0.5, 0.6) is 0 Å². The number of rotatable bonds is 8. The van der Waals surface area contributed by atoms with Crippen LogP contribution in [0.2, 0.25) is 0 Å². The van der Waals surface area contributed by atoms with Gasteiger partial charge in [-0.05, 0) is 109 Å². The van der Waals surface area contributed by atoms with Crippen molar-refractivity contribution < 1.29 is 0 Å². The minimum Gasteiger partial charge on any atom is -0.357 e. The van der Waals surface area contributed by atoms with E-state index in [9.17, 15) is 0 Å². The van der Waals surface area contributed by atoms with Crippen molar-refractivity contribution in [2.45, 2.75) is 75.5 Å². The largest absolute Gasteiger partial charge is 0.357 e. The van der Waals surface area contributed by atoms with Gasteiger partial charge in [-0.2, -0.15) is 0 Å². The SMILES string of the molecule is Cc1ccc(N2C(c3ccccc3)CC(c3ccc(C4CC(c5ccccc5)N(c5ccc(C)cc5)C(c5ccccc5)C4)cc3)CC2c2ccccc2)cc1. The molecule has 2 heteroatoms. The van der Waals surface area contributed by atoms with Crippen molar-refractivity contribution in [2.24, 2.45) is 0 Å². The Bertz CT molecular complexity index is 2020. The predicted molar refractivity (Wildman–Crippen MR) is 234 cm³/mol. The minimum absolute atomic E-state index is 0.256. The van der Waals surface area contributed by atoms with Crippen LogP contribution >= 0.6 is 0 Å². The van der Waals surface area contributed by atoms with Gasteiger partial charge >= 0.3 is 0 Å². The van der Waals surface area contributed by atoms with Crippen LogP contribution in [0.3, 0.4) is 0 Å². The summed E-state index contributed by atoms with van der Waals surface area (Å²) in [5.41, 5.74) is 13.6. The molecule has 2 fully saturated rings. The van der Waals surface area contributed by atoms with Crippen molar-refractivity contribution in [3.8, 4) is 0 Å². The van der Waals surface area contributed by atoms with E-state index in [1.165, 1.54) is 55.9 Å². The van der Waals surface area contributed by atoms with E-state index in [0.717, 1.165) is 25.7 Å². The van der Waals surface area contributed by atoms with Crippen molar-refractivity contribution >= 4 is 11.4 Å². The molecule has 7 aromatic rings. The predicted octanol–water partition coefficient (Wildman–Crippen LogP) is 14.0. The molecule has 9 rings (SSSR count). The molecule has 0 radical (unpaired) electrons. The molecule has 0 aromatic heterocycles. The smallest absolute Gasteiger partial charge is 0.0554 e. The molecule has 2 aliphatic rings. The fourth-order valence-electron chi connectivity index (χ4n) is 9.78. The molecule has 0 N–H and O–H groups in total. The third-order valence-corrected chi connectivity index (χ3v) is 12.7. The van der Waals surface area contributed by atoms with Gasteiger partial charge in [-0.1, -0.05) is 181 Å². The number of piperidine rings is 2. The van der Waals surface area contributed by atoms with Crippen LogP contribution in [0, 0.1) is 13.8 Å². The van der Waals surface area contributed by atoms with E-state index in [1.807, 2.05) is 0 Å². The van der Waals surface area contributed by atoms with Gasteiger partial charge in [0, 0.05) is 11.4 Å². The van der Waals surface area contributed by atoms with Crippen molar-refractivity contribution in [1.29, 1.82) is 0 Å². The van der Waals surface area contributed by atoms with Gasteiger partial charge in [-0.15, -0.1) is 0 Å². The molecule has 4 unspecified atom stereocenters. The van der Waals surface area contributed by atoms with E-state index in [4.69, 9.17) is 0 Å². The molecular weight excluding hydrogens is 677 g/mol. The molecule has 2 heterocycles. The molecule has 2 saturated heterocycles. The second kappa shape index (κ2) is 16.1. The first-order chi connectivity index (χ1) is 27.6. The molecule has 56 heavy (non-hydrogen) atoms. The first-order valence-electron chi connectivity index (χ1n) is 20.6. The zero-order valence-corrected chi connectivity index (χ0v) is 32.7. The Morgan fingerprint density at radius 1 is 0.286 bits per heavy atom. The van der Waals surface area contributed by atoms with E-state index < -0.39 is 0 Å². The van der Waals surface area contributed by atoms with E-state index in [0.29, 0.717) is 11.8 Å². The highest BCUT2D eigenvalue weighted by Crippen LogP contribution is 2.52. The fourth-order valence-corrected chi connectivity index (χ4v) is 9.78. The summed E-state index contributed by atoms with van der Waals surface area (Å²) in [6.07, 6.45) is 4.28. The maximum atomic E-state index is 2.71. The van der Waals surface area contributed by atoms with E-state index in [2.05, 4.69) is 218 Å². The summed E-state index contributed by atoms with van der Waals surface area (Å²) in [4.78, 5) is 5.43. The second-order valence-electron chi connectivity index (χ2n) is 16.2. The normalized spacial score (nSPS) is 22.5. The molecule has 0 amide bonds. The topological polar surface area (TPSA) is 6.48 Å². The molecular formula is C54H52N2. The zero-order chi connectivity index (χ0) is 37.8. The third-order valence-electron chi connectivity index (χ3n) is 12.7. The number of benzene rings is 7. The molecule has 0 bridgehead atoms. The summed E-state index contributed by atoms with van der Waals surface area (Å²) in [5, 5.41) is 0. The lowest BCUT2D eigenvalue weighted by molar-refractivity contribution is 0.349. The van der Waals surface area contributed by atoms with Gasteiger partial charge in [0.1, 0.15) is 0 Å². The number of nitrogens with zero attached hydrogens (tertiary/aromatic N) is 2. The number of hydrogen-bond donors (Lipinski definition) is 0. The Kier molecular flexibility index (Phi) is 10.3. The Morgan fingerprint density at radius 3 is 0.786 bits per heavy atom. The molecule has 2 nitrogen and oxygen atoms in total. The van der Waals surface area contributed by atoms with Crippen molar-refractivity contribution in [3.05, 3.63) is 239 Å². The van der Waals surface area contributed by atoms with E-state index in [1.54, 1.807) is 0 Å². The average Bonchev–Trinajstić information content (AvgIpc) is 3.27. The molecule has 4 atom stereocenters. The van der Waals surface area contributed by atoms with Gasteiger partial charge in [0.25, 0.3) is 0 Å². The van der Waals surface area contributed by atoms with Crippen LogP contribution in [0.1, 0.15) is 106 Å². The molecule has 7 aromatic carbocycles. The molecule has 278 valence electrons. The standard InChI is InChI=1S/C54H52N2/c1-39-23-31-49(32-24-39)55-51(43-15-7-3-8-16-43)35-47(36-52(55)44-17-9-4-10-18-44)41-27-29-42(30-28-41)48-37-53(45-19-11-5-12-20-45)56(50-33-25-40(2)26-34-50)54(38-48)46-21-13-6-14-22-46/h3-34,47-48,51-54H,35-38H2,1-2H3. The summed E-state index contributed by atoms with van der Waals surface area (Å²) in [6.45, 7) is 4.36. The highest BCUT2D eigenvalue weighted by Gasteiger charge is 2.40. The highest BCUT2D eigenvalue weighted by molar-refractivity contribution is 5.56. The monoisotopic (exact) mass is 728 g/mol. The molecule has 0 spiro atoms. The second-order valence-corrected chi connectivity index (χ2v) is 16.2. The van der Waals surface area contributed by atoms with Crippen molar-refractivity contribution in [2.75, 3.05) is 9.80 Å². The Labute approximate surface area is 334 Å². The van der Waals surface area contributed by atoms with Gasteiger partial charge in [0.05, 0.1) is 24.2 Å². The zero-order valence-electron chi connectivity index (χ0n) is 32.7. The molecule has 2 aliphatic heterocycles. The van der Waals surface area contributed by atoms with Crippen molar-refractivity contribution in [3.63, 3.8) is 0 Å². The Balaban J connectivity index is 1.07. The van der Waals surface area contributed by atoms with Crippen molar-refractivity contribution in [1.82, 2.24) is 0 Å². The maximum Gasteiger partial charge on any atom is 0.0554 e. The summed E-state index contributed by atoms with van der Waals surface area (Å²) in [6, 6.07) is 74.1. The van der Waals surface area contributed by atoms with Gasteiger partial charge in [0.15, 0.2) is 0 Å². The van der Waals surface area contributed by atoms with Crippen LogP contribution in [0.15, 0.2) is 194 Å². The Hall–Kier alpha value is -5.86. The van der Waals surface area contributed by atoms with Crippen LogP contribution < -0.4 is 9.80 Å². The lowest BCUT2D eigenvalue weighted by atomic mass is 9.75. The van der Waals surface area contributed by atoms with E-state index >= 15 is 0 Å². The van der Waals surface area contributed by atoms with Gasteiger partial charge in [0.2, 0.25) is 0 Å². The van der Waals surface area contributed by atoms with Crippen LogP contribution in [0.25, 0.3) is 0 Å². The minimum atomic E-state index is 0.256. The van der Waals surface area contributed by atoms with Gasteiger partial charge < -0.3 is 9.80 Å². The average molecular weight is 729 g/mol. The van der Waals surface area contributed by atoms with Crippen LogP contribution in [0.4, 0.5) is 11.4 Å². The molecule has 0 saturated carbocycles. The van der Waals surface area contributed by atoms with Gasteiger partial charge in [-0.3, -0.25) is 0 Å². The van der Waals surface area contributed by atoms with Crippen LogP contribution in [-0.2, 0) is 0 Å². The summed E-state index contributed by atoms with van der Waals surface area (Å²) < 4.78 is 0. The Morgan fingerprint density at radius 2 is 0.536 bits per heavy atom. The maximum absolute atomic E-state index is 2.71. The van der Waals surface area contributed by atoms with Crippen LogP contribution in [-0.4, -0.2) is 0 Å². The van der Waals surface area contributed by atoms with Gasteiger partial charge in [-0.25, -0.2) is 0 Å². The first-order valence-corrected chi connectivity index (χ1v) is 20.6. The van der Waals surface area contributed by atoms with E-state index in [-0.39, 0.29) is 24.2 Å². The summed E-state index contributed by atoms with van der Waals surface area (Å²) in [7, 11) is 0. The summed E-state index contributed by atoms with van der Waals surface area (Å²) in [5.74, 6) is 0.859. The molecule has 0 aliphatic carbocycles.